The van der Waals surface area contributed by atoms with Gasteiger partial charge in [0.25, 0.3) is 0 Å². The van der Waals surface area contributed by atoms with Crippen molar-refractivity contribution in [3.05, 3.63) is 29.0 Å². The highest BCUT2D eigenvalue weighted by Gasteiger charge is 2.24. The van der Waals surface area contributed by atoms with Crippen LogP contribution in [-0.4, -0.2) is 27.5 Å². The maximum absolute atomic E-state index is 13.6. The number of halogens is 3. The molecule has 1 aromatic carbocycles. The summed E-state index contributed by atoms with van der Waals surface area (Å²) in [5.41, 5.74) is 0. The van der Waals surface area contributed by atoms with Crippen molar-refractivity contribution in [2.75, 3.05) is 13.1 Å². The summed E-state index contributed by atoms with van der Waals surface area (Å²) in [4.78, 5) is -0.363. The third kappa shape index (κ3) is 4.29. The van der Waals surface area contributed by atoms with E-state index in [0.717, 1.165) is 25.5 Å². The van der Waals surface area contributed by atoms with Crippen molar-refractivity contribution in [1.29, 1.82) is 0 Å². The maximum atomic E-state index is 13.6. The Morgan fingerprint density at radius 1 is 1.42 bits per heavy atom. The molecule has 4 nitrogen and oxygen atoms in total. The van der Waals surface area contributed by atoms with Crippen LogP contribution in [-0.2, 0) is 10.0 Å². The van der Waals surface area contributed by atoms with E-state index in [2.05, 4.69) is 10.0 Å². The predicted octanol–water partition coefficient (Wildman–Crippen LogP) is 1.93. The molecular weight excluding hydrogens is 314 g/mol. The second kappa shape index (κ2) is 6.85. The van der Waals surface area contributed by atoms with E-state index in [9.17, 15) is 12.8 Å². The molecule has 2 N–H and O–H groups in total. The number of sulfonamides is 1. The minimum absolute atomic E-state index is 0. The summed E-state index contributed by atoms with van der Waals surface area (Å²) in [5.74, 6) is -0.834. The average molecular weight is 329 g/mol. The van der Waals surface area contributed by atoms with Gasteiger partial charge in [0.2, 0.25) is 10.0 Å². The lowest BCUT2D eigenvalue weighted by Crippen LogP contribution is -2.45. The average Bonchev–Trinajstić information content (AvgIpc) is 2.29. The van der Waals surface area contributed by atoms with Gasteiger partial charge in [0.1, 0.15) is 10.7 Å². The van der Waals surface area contributed by atoms with E-state index in [1.54, 1.807) is 0 Å². The summed E-state index contributed by atoms with van der Waals surface area (Å²) >= 11 is 5.59. The zero-order valence-electron chi connectivity index (χ0n) is 10.0. The van der Waals surface area contributed by atoms with E-state index in [4.69, 9.17) is 11.6 Å². The summed E-state index contributed by atoms with van der Waals surface area (Å²) < 4.78 is 40.1. The van der Waals surface area contributed by atoms with Crippen molar-refractivity contribution < 1.29 is 12.8 Å². The Morgan fingerprint density at radius 3 is 2.74 bits per heavy atom. The van der Waals surface area contributed by atoms with Crippen molar-refractivity contribution >= 4 is 34.0 Å². The summed E-state index contributed by atoms with van der Waals surface area (Å²) in [6.45, 7) is 1.45. The van der Waals surface area contributed by atoms with Gasteiger partial charge in [0, 0.05) is 17.6 Å². The minimum Gasteiger partial charge on any atom is -0.315 e. The standard InChI is InChI=1S/C11H14ClFN2O2S.ClH/c12-8-3-4-11(10(13)6-8)18(16,17)15-9-2-1-5-14-7-9;/h3-4,6,9,14-15H,1-2,5,7H2;1H. The van der Waals surface area contributed by atoms with Gasteiger partial charge in [0.05, 0.1) is 0 Å². The number of benzene rings is 1. The van der Waals surface area contributed by atoms with E-state index in [1.807, 2.05) is 0 Å². The fraction of sp³-hybridized carbons (Fsp3) is 0.455. The van der Waals surface area contributed by atoms with Crippen LogP contribution in [0.4, 0.5) is 4.39 Å². The van der Waals surface area contributed by atoms with E-state index >= 15 is 0 Å². The van der Waals surface area contributed by atoms with Gasteiger partial charge in [-0.05, 0) is 37.6 Å². The van der Waals surface area contributed by atoms with E-state index in [1.165, 1.54) is 12.1 Å². The molecule has 19 heavy (non-hydrogen) atoms. The van der Waals surface area contributed by atoms with E-state index in [0.29, 0.717) is 6.54 Å². The second-order valence-corrected chi connectivity index (χ2v) is 6.36. The highest BCUT2D eigenvalue weighted by Crippen LogP contribution is 2.19. The normalized spacial score (nSPS) is 19.8. The van der Waals surface area contributed by atoms with Crippen molar-refractivity contribution in [3.63, 3.8) is 0 Å². The third-order valence-corrected chi connectivity index (χ3v) is 4.59. The molecule has 1 aromatic rings. The van der Waals surface area contributed by atoms with Crippen LogP contribution in [0.1, 0.15) is 12.8 Å². The highest BCUT2D eigenvalue weighted by molar-refractivity contribution is 7.89. The third-order valence-electron chi connectivity index (χ3n) is 2.80. The molecule has 108 valence electrons. The molecule has 8 heteroatoms. The van der Waals surface area contributed by atoms with Crippen LogP contribution in [0.5, 0.6) is 0 Å². The Hall–Kier alpha value is -0.400. The number of nitrogens with one attached hydrogen (secondary N) is 2. The van der Waals surface area contributed by atoms with Crippen LogP contribution in [0.25, 0.3) is 0 Å². The molecule has 1 saturated heterocycles. The molecule has 1 atom stereocenters. The lowest BCUT2D eigenvalue weighted by atomic mass is 10.1. The molecule has 0 saturated carbocycles. The number of hydrogen-bond acceptors (Lipinski definition) is 3. The zero-order valence-corrected chi connectivity index (χ0v) is 12.4. The minimum atomic E-state index is -3.83. The van der Waals surface area contributed by atoms with Crippen LogP contribution >= 0.6 is 24.0 Å². The fourth-order valence-electron chi connectivity index (χ4n) is 1.93. The molecule has 0 amide bonds. The molecule has 0 aliphatic carbocycles. The van der Waals surface area contributed by atoms with Gasteiger partial charge in [-0.1, -0.05) is 11.6 Å². The number of hydrogen-bond donors (Lipinski definition) is 2. The Kier molecular flexibility index (Phi) is 6.01. The first-order chi connectivity index (χ1) is 8.49. The molecular formula is C11H15Cl2FN2O2S. The summed E-state index contributed by atoms with van der Waals surface area (Å²) in [7, 11) is -3.83. The fourth-order valence-corrected chi connectivity index (χ4v) is 3.42. The van der Waals surface area contributed by atoms with E-state index < -0.39 is 15.8 Å². The Balaban J connectivity index is 0.00000180. The van der Waals surface area contributed by atoms with Gasteiger partial charge in [-0.25, -0.2) is 17.5 Å². The quantitative estimate of drug-likeness (QED) is 0.891. The molecule has 1 unspecified atom stereocenters. The molecule has 0 bridgehead atoms. The topological polar surface area (TPSA) is 58.2 Å². The van der Waals surface area contributed by atoms with Crippen molar-refractivity contribution in [2.24, 2.45) is 0 Å². The molecule has 1 heterocycles. The van der Waals surface area contributed by atoms with Gasteiger partial charge in [-0.15, -0.1) is 12.4 Å². The molecule has 1 aliphatic rings. The van der Waals surface area contributed by atoms with Crippen LogP contribution < -0.4 is 10.0 Å². The van der Waals surface area contributed by atoms with Gasteiger partial charge >= 0.3 is 0 Å². The molecule has 1 aliphatic heterocycles. The lowest BCUT2D eigenvalue weighted by Gasteiger charge is -2.23. The predicted molar refractivity (Wildman–Crippen MR) is 74.9 cm³/mol. The summed E-state index contributed by atoms with van der Waals surface area (Å²) in [6.07, 6.45) is 1.65. The van der Waals surface area contributed by atoms with Gasteiger partial charge < -0.3 is 5.32 Å². The maximum Gasteiger partial charge on any atom is 0.243 e. The van der Waals surface area contributed by atoms with Crippen LogP contribution in [0, 0.1) is 5.82 Å². The van der Waals surface area contributed by atoms with Crippen LogP contribution in [0.15, 0.2) is 23.1 Å². The first kappa shape index (κ1) is 16.7. The van der Waals surface area contributed by atoms with Gasteiger partial charge in [-0.3, -0.25) is 0 Å². The molecule has 0 aromatic heterocycles. The Labute approximate surface area is 123 Å². The molecule has 0 radical (unpaired) electrons. The molecule has 2 rings (SSSR count). The Bertz CT molecular complexity index is 533. The lowest BCUT2D eigenvalue weighted by molar-refractivity contribution is 0.427. The van der Waals surface area contributed by atoms with E-state index in [-0.39, 0.29) is 28.4 Å². The van der Waals surface area contributed by atoms with Crippen molar-refractivity contribution in [2.45, 2.75) is 23.8 Å². The Morgan fingerprint density at radius 2 is 2.16 bits per heavy atom. The first-order valence-corrected chi connectivity index (χ1v) is 7.53. The van der Waals surface area contributed by atoms with Gasteiger partial charge in [0.15, 0.2) is 0 Å². The summed E-state index contributed by atoms with van der Waals surface area (Å²) in [5, 5.41) is 3.26. The molecule has 1 fully saturated rings. The largest absolute Gasteiger partial charge is 0.315 e. The van der Waals surface area contributed by atoms with Gasteiger partial charge in [-0.2, -0.15) is 0 Å². The SMILES string of the molecule is Cl.O=S(=O)(NC1CCCNC1)c1ccc(Cl)cc1F. The number of rotatable bonds is 3. The van der Waals surface area contributed by atoms with Crippen LogP contribution in [0.3, 0.4) is 0 Å². The zero-order chi connectivity index (χ0) is 13.2. The number of piperidine rings is 1. The van der Waals surface area contributed by atoms with Crippen LogP contribution in [0.2, 0.25) is 5.02 Å². The second-order valence-electron chi connectivity index (χ2n) is 4.24. The monoisotopic (exact) mass is 328 g/mol. The highest BCUT2D eigenvalue weighted by atomic mass is 35.5. The summed E-state index contributed by atoms with van der Waals surface area (Å²) in [6, 6.07) is 3.34. The molecule has 0 spiro atoms. The smallest absolute Gasteiger partial charge is 0.243 e. The first-order valence-electron chi connectivity index (χ1n) is 5.67. The van der Waals surface area contributed by atoms with Crippen molar-refractivity contribution in [3.8, 4) is 0 Å². The van der Waals surface area contributed by atoms with Crippen molar-refractivity contribution in [1.82, 2.24) is 10.0 Å².